The van der Waals surface area contributed by atoms with Gasteiger partial charge in [0.05, 0.1) is 17.6 Å². The van der Waals surface area contributed by atoms with Crippen LogP contribution in [0.4, 0.5) is 0 Å². The van der Waals surface area contributed by atoms with E-state index in [1.165, 1.54) is 18.2 Å². The Morgan fingerprint density at radius 1 is 1.19 bits per heavy atom. The highest BCUT2D eigenvalue weighted by Gasteiger charge is 2.12. The molecule has 0 aliphatic carbocycles. The van der Waals surface area contributed by atoms with Crippen LogP contribution < -0.4 is 10.1 Å². The van der Waals surface area contributed by atoms with Crippen molar-refractivity contribution in [2.24, 2.45) is 0 Å². The monoisotopic (exact) mass is 423 g/mol. The molecule has 0 saturated heterocycles. The second kappa shape index (κ2) is 11.0. The predicted molar refractivity (Wildman–Crippen MR) is 124 cm³/mol. The molecule has 0 atom stereocenters. The Hall–Kier alpha value is -2.86. The maximum Gasteiger partial charge on any atom is 0.245 e. The van der Waals surface area contributed by atoms with Crippen molar-refractivity contribution < 1.29 is 14.3 Å². The van der Waals surface area contributed by atoms with Gasteiger partial charge in [0.1, 0.15) is 24.8 Å². The lowest BCUT2D eigenvalue weighted by Crippen LogP contribution is -2.28. The average molecular weight is 424 g/mol. The van der Waals surface area contributed by atoms with Crippen LogP contribution in [-0.2, 0) is 22.5 Å². The molecule has 0 saturated carbocycles. The van der Waals surface area contributed by atoms with Crippen LogP contribution in [0.1, 0.15) is 43.1 Å². The summed E-state index contributed by atoms with van der Waals surface area (Å²) in [5.41, 5.74) is 4.52. The maximum absolute atomic E-state index is 11.6. The highest BCUT2D eigenvalue weighted by atomic mass is 16.5. The number of aromatic nitrogens is 2. The van der Waals surface area contributed by atoms with Crippen molar-refractivity contribution >= 4 is 16.9 Å². The molecule has 1 aromatic heterocycles. The summed E-state index contributed by atoms with van der Waals surface area (Å²) in [4.78, 5) is 16.4. The van der Waals surface area contributed by atoms with Gasteiger partial charge in [0, 0.05) is 20.1 Å². The first kappa shape index (κ1) is 22.8. The Morgan fingerprint density at radius 2 is 2.00 bits per heavy atom. The molecule has 0 unspecified atom stereocenters. The molecular weight excluding hydrogens is 390 g/mol. The molecule has 0 aliphatic rings. The molecule has 0 spiro atoms. The van der Waals surface area contributed by atoms with Crippen LogP contribution in [0.15, 0.2) is 42.5 Å². The molecule has 1 N–H and O–H groups in total. The van der Waals surface area contributed by atoms with E-state index in [2.05, 4.69) is 54.9 Å². The molecule has 6 heteroatoms. The van der Waals surface area contributed by atoms with E-state index in [1.807, 2.05) is 18.2 Å². The smallest absolute Gasteiger partial charge is 0.245 e. The van der Waals surface area contributed by atoms with E-state index in [4.69, 9.17) is 14.5 Å². The van der Waals surface area contributed by atoms with Gasteiger partial charge in [0.25, 0.3) is 0 Å². The first-order valence-electron chi connectivity index (χ1n) is 10.9. The number of nitrogens with one attached hydrogen (secondary N) is 1. The number of carbonyl (C=O) groups excluding carboxylic acids is 1. The van der Waals surface area contributed by atoms with Crippen molar-refractivity contribution in [2.45, 2.75) is 46.1 Å². The Morgan fingerprint density at radius 3 is 2.77 bits per heavy atom. The molecule has 3 aromatic rings. The number of carbonyl (C=O) groups is 1. The lowest BCUT2D eigenvalue weighted by molar-refractivity contribution is -0.124. The number of imidazole rings is 1. The summed E-state index contributed by atoms with van der Waals surface area (Å²) in [7, 11) is 1.52. The Labute approximate surface area is 184 Å². The molecule has 31 heavy (non-hydrogen) atoms. The average Bonchev–Trinajstić information content (AvgIpc) is 3.09. The van der Waals surface area contributed by atoms with Gasteiger partial charge < -0.3 is 19.4 Å². The zero-order valence-corrected chi connectivity index (χ0v) is 19.0. The van der Waals surface area contributed by atoms with Gasteiger partial charge in [0.15, 0.2) is 0 Å². The van der Waals surface area contributed by atoms with Crippen LogP contribution in [-0.4, -0.2) is 42.3 Å². The summed E-state index contributed by atoms with van der Waals surface area (Å²) in [5.74, 6) is 2.29. The number of hydrogen-bond donors (Lipinski definition) is 1. The number of methoxy groups -OCH3 is 1. The number of hydrogen-bond acceptors (Lipinski definition) is 4. The van der Waals surface area contributed by atoms with E-state index in [1.54, 1.807) is 0 Å². The van der Waals surface area contributed by atoms with Crippen molar-refractivity contribution in [3.05, 3.63) is 59.4 Å². The largest absolute Gasteiger partial charge is 0.491 e. The van der Waals surface area contributed by atoms with Crippen molar-refractivity contribution in [1.82, 2.24) is 14.9 Å². The summed E-state index contributed by atoms with van der Waals surface area (Å²) >= 11 is 0. The molecule has 3 rings (SSSR count). The number of aryl methyl sites for hydroxylation is 2. The molecule has 1 amide bonds. The van der Waals surface area contributed by atoms with Crippen LogP contribution in [0.2, 0.25) is 0 Å². The third kappa shape index (κ3) is 6.07. The second-order valence-corrected chi connectivity index (χ2v) is 8.10. The molecule has 166 valence electrons. The maximum atomic E-state index is 11.6. The Bertz CT molecular complexity index is 1010. The number of nitrogens with zero attached hydrogens (tertiary/aromatic N) is 2. The highest BCUT2D eigenvalue weighted by Crippen LogP contribution is 2.27. The topological polar surface area (TPSA) is 65.4 Å². The number of rotatable bonds is 11. The fourth-order valence-corrected chi connectivity index (χ4v) is 3.71. The zero-order valence-electron chi connectivity index (χ0n) is 19.0. The van der Waals surface area contributed by atoms with Crippen LogP contribution in [0, 0.1) is 6.92 Å². The molecular formula is C25H33N3O3. The van der Waals surface area contributed by atoms with E-state index >= 15 is 0 Å². The number of para-hydroxylation sites is 2. The van der Waals surface area contributed by atoms with E-state index in [-0.39, 0.29) is 12.5 Å². The first-order chi connectivity index (χ1) is 15.0. The summed E-state index contributed by atoms with van der Waals surface area (Å²) in [6, 6.07) is 14.6. The molecule has 0 bridgehead atoms. The standard InChI is InChI=1S/C25H33N3O3/c1-18(2)20-12-11-19(3)16-23(20)31-15-14-28-22-9-6-5-8-21(22)27-24(28)10-7-13-26-25(29)17-30-4/h5-6,8-9,11-12,16,18H,7,10,13-15,17H2,1-4H3,(H,26,29). The predicted octanol–water partition coefficient (Wildman–Crippen LogP) is 4.24. The number of benzene rings is 2. The lowest BCUT2D eigenvalue weighted by Gasteiger charge is -2.16. The molecule has 0 radical (unpaired) electrons. The van der Waals surface area contributed by atoms with Gasteiger partial charge in [-0.1, -0.05) is 38.1 Å². The van der Waals surface area contributed by atoms with Crippen molar-refractivity contribution in [3.63, 3.8) is 0 Å². The van der Waals surface area contributed by atoms with E-state index in [9.17, 15) is 4.79 Å². The van der Waals surface area contributed by atoms with Crippen molar-refractivity contribution in [1.29, 1.82) is 0 Å². The SMILES string of the molecule is COCC(=O)NCCCc1nc2ccccc2n1CCOc1cc(C)ccc1C(C)C. The van der Waals surface area contributed by atoms with Gasteiger partial charge in [-0.15, -0.1) is 0 Å². The van der Waals surface area contributed by atoms with E-state index in [0.29, 0.717) is 19.1 Å². The summed E-state index contributed by atoms with van der Waals surface area (Å²) in [6.07, 6.45) is 1.60. The van der Waals surface area contributed by atoms with Crippen LogP contribution in [0.5, 0.6) is 5.75 Å². The van der Waals surface area contributed by atoms with Crippen molar-refractivity contribution in [2.75, 3.05) is 26.9 Å². The minimum absolute atomic E-state index is 0.0905. The minimum atomic E-state index is -0.0940. The number of fused-ring (bicyclic) bond motifs is 1. The van der Waals surface area contributed by atoms with Crippen LogP contribution >= 0.6 is 0 Å². The Balaban J connectivity index is 1.68. The minimum Gasteiger partial charge on any atom is -0.491 e. The quantitative estimate of drug-likeness (QED) is 0.469. The third-order valence-corrected chi connectivity index (χ3v) is 5.27. The summed E-state index contributed by atoms with van der Waals surface area (Å²) < 4.78 is 13.3. The zero-order chi connectivity index (χ0) is 22.2. The second-order valence-electron chi connectivity index (χ2n) is 8.10. The van der Waals surface area contributed by atoms with Crippen LogP contribution in [0.3, 0.4) is 0 Å². The van der Waals surface area contributed by atoms with Crippen molar-refractivity contribution in [3.8, 4) is 5.75 Å². The normalized spacial score (nSPS) is 11.3. The number of ether oxygens (including phenoxy) is 2. The van der Waals surface area contributed by atoms with Gasteiger partial charge in [-0.2, -0.15) is 0 Å². The fourth-order valence-electron chi connectivity index (χ4n) is 3.71. The van der Waals surface area contributed by atoms with Gasteiger partial charge >= 0.3 is 0 Å². The lowest BCUT2D eigenvalue weighted by atomic mass is 10.0. The van der Waals surface area contributed by atoms with Gasteiger partial charge in [-0.25, -0.2) is 4.98 Å². The summed E-state index contributed by atoms with van der Waals surface area (Å²) in [6.45, 7) is 8.44. The van der Waals surface area contributed by atoms with Gasteiger partial charge in [0.2, 0.25) is 5.91 Å². The highest BCUT2D eigenvalue weighted by molar-refractivity contribution is 5.77. The molecule has 1 heterocycles. The molecule has 0 aliphatic heterocycles. The molecule has 6 nitrogen and oxygen atoms in total. The van der Waals surface area contributed by atoms with Gasteiger partial charge in [-0.3, -0.25) is 4.79 Å². The molecule has 0 fully saturated rings. The first-order valence-corrected chi connectivity index (χ1v) is 10.9. The van der Waals surface area contributed by atoms with E-state index < -0.39 is 0 Å². The number of amides is 1. The van der Waals surface area contributed by atoms with Gasteiger partial charge in [-0.05, 0) is 48.6 Å². The van der Waals surface area contributed by atoms with Crippen LogP contribution in [0.25, 0.3) is 11.0 Å². The summed E-state index contributed by atoms with van der Waals surface area (Å²) in [5, 5.41) is 2.87. The van der Waals surface area contributed by atoms with E-state index in [0.717, 1.165) is 42.0 Å². The fraction of sp³-hybridized carbons (Fsp3) is 0.440. The third-order valence-electron chi connectivity index (χ3n) is 5.27. The Kier molecular flexibility index (Phi) is 8.06. The molecule has 2 aromatic carbocycles.